The maximum Gasteiger partial charge on any atom is 0.269 e. The number of nitro groups is 1. The summed E-state index contributed by atoms with van der Waals surface area (Å²) < 4.78 is 0. The van der Waals surface area contributed by atoms with Crippen molar-refractivity contribution in [2.75, 3.05) is 24.5 Å². The van der Waals surface area contributed by atoms with E-state index >= 15 is 0 Å². The number of fused-ring (bicyclic) bond motifs is 1. The van der Waals surface area contributed by atoms with Crippen molar-refractivity contribution in [1.82, 2.24) is 5.32 Å². The number of amides is 1. The van der Waals surface area contributed by atoms with Crippen molar-refractivity contribution < 1.29 is 9.72 Å². The molecule has 0 aromatic heterocycles. The van der Waals surface area contributed by atoms with E-state index < -0.39 is 4.92 Å². The Hall–Kier alpha value is -1.95. The number of hydrogen-bond acceptors (Lipinski definition) is 4. The molecule has 1 aliphatic rings. The van der Waals surface area contributed by atoms with Crippen LogP contribution >= 0.6 is 0 Å². The molecule has 1 aromatic rings. The quantitative estimate of drug-likeness (QED) is 0.479. The summed E-state index contributed by atoms with van der Waals surface area (Å²) in [6.45, 7) is 4.46. The first-order valence-electron chi connectivity index (χ1n) is 6.42. The Morgan fingerprint density at radius 2 is 2.26 bits per heavy atom. The van der Waals surface area contributed by atoms with Gasteiger partial charge in [0.25, 0.3) is 5.69 Å². The molecular formula is C13H17N3O3. The van der Waals surface area contributed by atoms with Gasteiger partial charge in [-0.15, -0.1) is 0 Å². The fraction of sp³-hybridized carbons (Fsp3) is 0.462. The van der Waals surface area contributed by atoms with Gasteiger partial charge >= 0.3 is 0 Å². The van der Waals surface area contributed by atoms with Crippen LogP contribution in [0.5, 0.6) is 0 Å². The first-order valence-corrected chi connectivity index (χ1v) is 6.42. The van der Waals surface area contributed by atoms with E-state index in [2.05, 4.69) is 5.32 Å². The Kier molecular flexibility index (Phi) is 4.11. The minimum Gasteiger partial charge on any atom is -0.317 e. The summed E-state index contributed by atoms with van der Waals surface area (Å²) in [6.07, 6.45) is 1.13. The minimum absolute atomic E-state index is 0.0204. The predicted octanol–water partition coefficient (Wildman–Crippen LogP) is 1.48. The molecule has 6 nitrogen and oxygen atoms in total. The highest BCUT2D eigenvalue weighted by atomic mass is 16.6. The molecule has 0 unspecified atom stereocenters. The minimum atomic E-state index is -0.432. The van der Waals surface area contributed by atoms with Crippen molar-refractivity contribution >= 4 is 17.3 Å². The number of non-ortho nitro benzene ring substituents is 1. The van der Waals surface area contributed by atoms with Gasteiger partial charge in [-0.25, -0.2) is 0 Å². The van der Waals surface area contributed by atoms with E-state index in [-0.39, 0.29) is 18.0 Å². The summed E-state index contributed by atoms with van der Waals surface area (Å²) in [4.78, 5) is 23.9. The van der Waals surface area contributed by atoms with Gasteiger partial charge in [-0.05, 0) is 31.1 Å². The average Bonchev–Trinajstić information content (AvgIpc) is 2.69. The maximum absolute atomic E-state index is 11.9. The number of anilines is 1. The molecule has 1 aromatic carbocycles. The molecule has 0 radical (unpaired) electrons. The van der Waals surface area contributed by atoms with Crippen LogP contribution in [0.25, 0.3) is 0 Å². The van der Waals surface area contributed by atoms with E-state index in [0.717, 1.165) is 30.8 Å². The predicted molar refractivity (Wildman–Crippen MR) is 72.3 cm³/mol. The molecule has 1 N–H and O–H groups in total. The lowest BCUT2D eigenvalue weighted by Gasteiger charge is -2.17. The van der Waals surface area contributed by atoms with Crippen LogP contribution in [0.4, 0.5) is 11.4 Å². The smallest absolute Gasteiger partial charge is 0.269 e. The molecule has 102 valence electrons. The van der Waals surface area contributed by atoms with Crippen LogP contribution in [0.3, 0.4) is 0 Å². The Morgan fingerprint density at radius 1 is 1.47 bits per heavy atom. The molecule has 1 aliphatic heterocycles. The van der Waals surface area contributed by atoms with Gasteiger partial charge in [-0.3, -0.25) is 14.9 Å². The zero-order chi connectivity index (χ0) is 13.8. The summed E-state index contributed by atoms with van der Waals surface area (Å²) in [5.74, 6) is 0.0204. The molecule has 2 rings (SSSR count). The van der Waals surface area contributed by atoms with Crippen LogP contribution in [-0.2, 0) is 11.2 Å². The second-order valence-corrected chi connectivity index (χ2v) is 4.50. The Bertz CT molecular complexity index is 502. The Balaban J connectivity index is 2.09. The number of benzene rings is 1. The second kappa shape index (κ2) is 5.79. The van der Waals surface area contributed by atoms with Gasteiger partial charge < -0.3 is 10.2 Å². The van der Waals surface area contributed by atoms with Crippen LogP contribution in [0.15, 0.2) is 18.2 Å². The number of nitro benzene ring substituents is 1. The highest BCUT2D eigenvalue weighted by Gasteiger charge is 2.28. The van der Waals surface area contributed by atoms with E-state index in [1.165, 1.54) is 12.1 Å². The highest BCUT2D eigenvalue weighted by Crippen LogP contribution is 2.31. The lowest BCUT2D eigenvalue weighted by atomic mass is 10.1. The SMILES string of the molecule is CCNCCCN1C(=O)Cc2cc([N+](=O)[O-])ccc21. The summed E-state index contributed by atoms with van der Waals surface area (Å²) in [7, 11) is 0. The molecule has 0 saturated carbocycles. The Labute approximate surface area is 111 Å². The van der Waals surface area contributed by atoms with Crippen LogP contribution in [-0.4, -0.2) is 30.5 Å². The summed E-state index contributed by atoms with van der Waals surface area (Å²) in [5.41, 5.74) is 1.61. The number of nitrogens with one attached hydrogen (secondary N) is 1. The van der Waals surface area contributed by atoms with Crippen LogP contribution in [0.1, 0.15) is 18.9 Å². The van der Waals surface area contributed by atoms with Gasteiger partial charge in [-0.2, -0.15) is 0 Å². The van der Waals surface area contributed by atoms with Gasteiger partial charge in [-0.1, -0.05) is 6.92 Å². The number of nitrogens with zero attached hydrogens (tertiary/aromatic N) is 2. The molecule has 0 bridgehead atoms. The topological polar surface area (TPSA) is 75.5 Å². The molecule has 0 aliphatic carbocycles. The lowest BCUT2D eigenvalue weighted by Crippen LogP contribution is -2.30. The van der Waals surface area contributed by atoms with Crippen molar-refractivity contribution in [2.45, 2.75) is 19.8 Å². The van der Waals surface area contributed by atoms with Gasteiger partial charge in [0.15, 0.2) is 0 Å². The molecule has 0 saturated heterocycles. The van der Waals surface area contributed by atoms with Crippen LogP contribution in [0.2, 0.25) is 0 Å². The third-order valence-corrected chi connectivity index (χ3v) is 3.19. The first-order chi connectivity index (χ1) is 9.13. The third kappa shape index (κ3) is 2.90. The van der Waals surface area contributed by atoms with Crippen molar-refractivity contribution in [1.29, 1.82) is 0 Å². The second-order valence-electron chi connectivity index (χ2n) is 4.50. The van der Waals surface area contributed by atoms with Gasteiger partial charge in [0.2, 0.25) is 5.91 Å². The monoisotopic (exact) mass is 263 g/mol. The zero-order valence-corrected chi connectivity index (χ0v) is 10.9. The fourth-order valence-electron chi connectivity index (χ4n) is 2.27. The van der Waals surface area contributed by atoms with E-state index in [1.54, 1.807) is 11.0 Å². The van der Waals surface area contributed by atoms with E-state index in [4.69, 9.17) is 0 Å². The normalized spacial score (nSPS) is 13.7. The fourth-order valence-corrected chi connectivity index (χ4v) is 2.27. The summed E-state index contributed by atoms with van der Waals surface area (Å²) in [5, 5.41) is 13.9. The molecular weight excluding hydrogens is 246 g/mol. The molecule has 6 heteroatoms. The van der Waals surface area contributed by atoms with Crippen molar-refractivity contribution in [3.05, 3.63) is 33.9 Å². The highest BCUT2D eigenvalue weighted by molar-refractivity contribution is 6.01. The van der Waals surface area contributed by atoms with E-state index in [1.807, 2.05) is 6.92 Å². The standard InChI is InChI=1S/C13H17N3O3/c1-2-14-6-3-7-15-12-5-4-11(16(18)19)8-10(12)9-13(15)17/h4-5,8,14H,2-3,6-7,9H2,1H3. The van der Waals surface area contributed by atoms with E-state index in [9.17, 15) is 14.9 Å². The number of hydrogen-bond donors (Lipinski definition) is 1. The molecule has 0 spiro atoms. The van der Waals surface area contributed by atoms with Crippen LogP contribution in [0, 0.1) is 10.1 Å². The van der Waals surface area contributed by atoms with Crippen molar-refractivity contribution in [3.8, 4) is 0 Å². The summed E-state index contributed by atoms with van der Waals surface area (Å²) >= 11 is 0. The average molecular weight is 263 g/mol. The lowest BCUT2D eigenvalue weighted by molar-refractivity contribution is -0.384. The van der Waals surface area contributed by atoms with Gasteiger partial charge in [0.05, 0.1) is 11.3 Å². The first kappa shape index (κ1) is 13.5. The Morgan fingerprint density at radius 3 is 2.95 bits per heavy atom. The summed E-state index contributed by atoms with van der Waals surface area (Å²) in [6, 6.07) is 4.62. The van der Waals surface area contributed by atoms with Gasteiger partial charge in [0, 0.05) is 24.4 Å². The zero-order valence-electron chi connectivity index (χ0n) is 10.9. The third-order valence-electron chi connectivity index (χ3n) is 3.19. The molecule has 19 heavy (non-hydrogen) atoms. The van der Waals surface area contributed by atoms with Gasteiger partial charge in [0.1, 0.15) is 0 Å². The van der Waals surface area contributed by atoms with Crippen molar-refractivity contribution in [3.63, 3.8) is 0 Å². The van der Waals surface area contributed by atoms with E-state index in [0.29, 0.717) is 6.54 Å². The molecule has 1 heterocycles. The van der Waals surface area contributed by atoms with Crippen LogP contribution < -0.4 is 10.2 Å². The molecule has 0 fully saturated rings. The number of carbonyl (C=O) groups excluding carboxylic acids is 1. The largest absolute Gasteiger partial charge is 0.317 e. The maximum atomic E-state index is 11.9. The number of carbonyl (C=O) groups is 1. The molecule has 0 atom stereocenters. The number of rotatable bonds is 6. The molecule has 1 amide bonds. The van der Waals surface area contributed by atoms with Crippen molar-refractivity contribution in [2.24, 2.45) is 0 Å².